The van der Waals surface area contributed by atoms with Crippen LogP contribution in [-0.2, 0) is 29.3 Å². The summed E-state index contributed by atoms with van der Waals surface area (Å²) in [4.78, 5) is 20.5. The first-order chi connectivity index (χ1) is 13.1. The Morgan fingerprint density at radius 1 is 1.37 bits per heavy atom. The molecule has 0 saturated carbocycles. The molecule has 0 bridgehead atoms. The lowest BCUT2D eigenvalue weighted by atomic mass is 10.0. The highest BCUT2D eigenvalue weighted by atomic mass is 16.7. The molecule has 7 nitrogen and oxygen atoms in total. The van der Waals surface area contributed by atoms with Gasteiger partial charge < -0.3 is 4.57 Å². The summed E-state index contributed by atoms with van der Waals surface area (Å²) in [5.41, 5.74) is 2.52. The number of amides is 1. The molecule has 4 rings (SSSR count). The summed E-state index contributed by atoms with van der Waals surface area (Å²) in [6, 6.07) is 4.64. The zero-order chi connectivity index (χ0) is 18.8. The number of hydrogen-bond donors (Lipinski definition) is 0. The Balaban J connectivity index is 1.46. The maximum atomic E-state index is 12.6. The van der Waals surface area contributed by atoms with Crippen molar-refractivity contribution in [3.05, 3.63) is 42.0 Å². The third-order valence-corrected chi connectivity index (χ3v) is 5.36. The number of hydrogen-bond acceptors (Lipinski definition) is 4. The molecular formula is C20H29N5O2. The van der Waals surface area contributed by atoms with Crippen LogP contribution in [0.25, 0.3) is 0 Å². The minimum absolute atomic E-state index is 0.112. The summed E-state index contributed by atoms with van der Waals surface area (Å²) in [7, 11) is 0. The van der Waals surface area contributed by atoms with E-state index >= 15 is 0 Å². The zero-order valence-electron chi connectivity index (χ0n) is 16.3. The fraction of sp³-hybridized carbons (Fsp3) is 0.600. The van der Waals surface area contributed by atoms with Gasteiger partial charge in [-0.1, -0.05) is 0 Å². The Hall–Kier alpha value is -2.12. The monoisotopic (exact) mass is 371 g/mol. The zero-order valence-corrected chi connectivity index (χ0v) is 16.3. The topological polar surface area (TPSA) is 55.5 Å². The first kappa shape index (κ1) is 18.3. The van der Waals surface area contributed by atoms with Gasteiger partial charge in [-0.3, -0.25) is 19.2 Å². The van der Waals surface area contributed by atoms with Gasteiger partial charge in [0.05, 0.1) is 19.3 Å². The van der Waals surface area contributed by atoms with E-state index in [1.165, 1.54) is 11.3 Å². The van der Waals surface area contributed by atoms with Gasteiger partial charge in [-0.2, -0.15) is 5.10 Å². The van der Waals surface area contributed by atoms with Crippen molar-refractivity contribution in [3.8, 4) is 0 Å². The van der Waals surface area contributed by atoms with Crippen LogP contribution in [0.5, 0.6) is 0 Å². The van der Waals surface area contributed by atoms with E-state index in [-0.39, 0.29) is 11.8 Å². The average Bonchev–Trinajstić information content (AvgIpc) is 3.36. The first-order valence-electron chi connectivity index (χ1n) is 9.91. The minimum Gasteiger partial charge on any atom is -0.350 e. The molecule has 1 amide bonds. The van der Waals surface area contributed by atoms with Gasteiger partial charge in [0.2, 0.25) is 5.91 Å². The van der Waals surface area contributed by atoms with Crippen molar-refractivity contribution in [2.75, 3.05) is 19.7 Å². The lowest BCUT2D eigenvalue weighted by molar-refractivity contribution is -0.170. The molecule has 4 heterocycles. The summed E-state index contributed by atoms with van der Waals surface area (Å²) in [6.45, 7) is 9.17. The Bertz CT molecular complexity index is 775. The summed E-state index contributed by atoms with van der Waals surface area (Å²) < 4.78 is 4.29. The van der Waals surface area contributed by atoms with Crippen LogP contribution in [0.4, 0.5) is 0 Å². The Morgan fingerprint density at radius 3 is 3.00 bits per heavy atom. The largest absolute Gasteiger partial charge is 0.350 e. The number of nitrogens with zero attached hydrogens (tertiary/aromatic N) is 5. The number of carbonyl (C=O) groups excluding carboxylic acids is 1. The van der Waals surface area contributed by atoms with Crippen molar-refractivity contribution in [1.82, 2.24) is 24.3 Å². The molecule has 1 atom stereocenters. The summed E-state index contributed by atoms with van der Waals surface area (Å²) in [6.07, 6.45) is 7.68. The maximum absolute atomic E-state index is 12.6. The van der Waals surface area contributed by atoms with E-state index in [9.17, 15) is 4.79 Å². The average molecular weight is 371 g/mol. The molecule has 0 aromatic carbocycles. The lowest BCUT2D eigenvalue weighted by Gasteiger charge is -2.24. The second-order valence-electron chi connectivity index (χ2n) is 8.00. The smallest absolute Gasteiger partial charge is 0.246 e. The highest BCUT2D eigenvalue weighted by molar-refractivity contribution is 5.75. The van der Waals surface area contributed by atoms with Crippen LogP contribution in [0.3, 0.4) is 0 Å². The molecule has 2 aromatic rings. The lowest BCUT2D eigenvalue weighted by Crippen LogP contribution is -2.33. The van der Waals surface area contributed by atoms with Gasteiger partial charge in [-0.05, 0) is 38.3 Å². The van der Waals surface area contributed by atoms with E-state index in [0.717, 1.165) is 39.1 Å². The molecule has 0 radical (unpaired) electrons. The SMILES string of the molecule is CC(C)n1cc(CN2Cc3cccn3C[C@H](CC(=O)N3CCCO3)C2)cn1. The summed E-state index contributed by atoms with van der Waals surface area (Å²) >= 11 is 0. The molecule has 1 saturated heterocycles. The summed E-state index contributed by atoms with van der Waals surface area (Å²) in [5.74, 6) is 0.385. The van der Waals surface area contributed by atoms with Crippen LogP contribution in [0, 0.1) is 5.92 Å². The van der Waals surface area contributed by atoms with Crippen molar-refractivity contribution in [1.29, 1.82) is 0 Å². The molecule has 0 N–H and O–H groups in total. The van der Waals surface area contributed by atoms with E-state index < -0.39 is 0 Å². The molecule has 2 aliphatic rings. The standard InChI is InChI=1S/C20H29N5O2/c1-16(2)24-14-18(10-21-24)12-22-11-17(9-20(26)25-7-4-8-27-25)13-23-6-3-5-19(23)15-22/h3,5-6,10,14,16-17H,4,7-9,11-13,15H2,1-2H3/t17-/m1/s1. The molecule has 2 aromatic heterocycles. The van der Waals surface area contributed by atoms with E-state index in [1.807, 2.05) is 10.9 Å². The fourth-order valence-electron chi connectivity index (χ4n) is 4.01. The Morgan fingerprint density at radius 2 is 2.26 bits per heavy atom. The van der Waals surface area contributed by atoms with Crippen LogP contribution in [0.15, 0.2) is 30.7 Å². The Kier molecular flexibility index (Phi) is 5.31. The first-order valence-corrected chi connectivity index (χ1v) is 9.91. The van der Waals surface area contributed by atoms with Gasteiger partial charge in [-0.15, -0.1) is 0 Å². The second-order valence-corrected chi connectivity index (χ2v) is 8.00. The molecule has 1 fully saturated rings. The predicted octanol–water partition coefficient (Wildman–Crippen LogP) is 2.45. The van der Waals surface area contributed by atoms with Gasteiger partial charge in [0, 0.05) is 62.3 Å². The van der Waals surface area contributed by atoms with E-state index in [1.54, 1.807) is 5.06 Å². The number of aromatic nitrogens is 3. The normalized spacial score (nSPS) is 20.9. The van der Waals surface area contributed by atoms with Gasteiger partial charge in [0.15, 0.2) is 0 Å². The molecule has 0 unspecified atom stereocenters. The van der Waals surface area contributed by atoms with Crippen LogP contribution in [-0.4, -0.2) is 49.9 Å². The van der Waals surface area contributed by atoms with Crippen LogP contribution < -0.4 is 0 Å². The molecule has 2 aliphatic heterocycles. The second kappa shape index (κ2) is 7.86. The number of hydroxylamine groups is 2. The third kappa shape index (κ3) is 4.25. The predicted molar refractivity (Wildman–Crippen MR) is 102 cm³/mol. The molecule has 27 heavy (non-hydrogen) atoms. The maximum Gasteiger partial charge on any atom is 0.246 e. The molecule has 0 aliphatic carbocycles. The third-order valence-electron chi connectivity index (χ3n) is 5.36. The Labute approximate surface area is 160 Å². The quantitative estimate of drug-likeness (QED) is 0.810. The minimum atomic E-state index is 0.112. The van der Waals surface area contributed by atoms with Crippen molar-refractivity contribution in [2.45, 2.75) is 52.4 Å². The number of rotatable bonds is 5. The van der Waals surface area contributed by atoms with E-state index in [0.29, 0.717) is 19.1 Å². The highest BCUT2D eigenvalue weighted by Crippen LogP contribution is 2.22. The number of fused-ring (bicyclic) bond motifs is 1. The van der Waals surface area contributed by atoms with Crippen LogP contribution in [0.2, 0.25) is 0 Å². The molecule has 7 heteroatoms. The van der Waals surface area contributed by atoms with E-state index in [4.69, 9.17) is 4.84 Å². The molecular weight excluding hydrogens is 342 g/mol. The van der Waals surface area contributed by atoms with E-state index in [2.05, 4.69) is 52.9 Å². The van der Waals surface area contributed by atoms with Crippen molar-refractivity contribution >= 4 is 5.91 Å². The van der Waals surface area contributed by atoms with Crippen LogP contribution in [0.1, 0.15) is 44.0 Å². The highest BCUT2D eigenvalue weighted by Gasteiger charge is 2.27. The van der Waals surface area contributed by atoms with Crippen molar-refractivity contribution < 1.29 is 9.63 Å². The van der Waals surface area contributed by atoms with Gasteiger partial charge in [-0.25, -0.2) is 5.06 Å². The number of carbonyl (C=O) groups is 1. The fourth-order valence-corrected chi connectivity index (χ4v) is 4.01. The molecule has 0 spiro atoms. The summed E-state index contributed by atoms with van der Waals surface area (Å²) in [5, 5.41) is 6.02. The van der Waals surface area contributed by atoms with Crippen molar-refractivity contribution in [2.24, 2.45) is 5.92 Å². The molecule has 146 valence electrons. The van der Waals surface area contributed by atoms with Crippen molar-refractivity contribution in [3.63, 3.8) is 0 Å². The van der Waals surface area contributed by atoms with Crippen LogP contribution >= 0.6 is 0 Å². The van der Waals surface area contributed by atoms with Gasteiger partial charge in [0.1, 0.15) is 0 Å². The van der Waals surface area contributed by atoms with Gasteiger partial charge >= 0.3 is 0 Å². The van der Waals surface area contributed by atoms with Gasteiger partial charge in [0.25, 0.3) is 0 Å².